The van der Waals surface area contributed by atoms with Gasteiger partial charge >= 0.3 is 0 Å². The number of nitrogens with zero attached hydrogens (tertiary/aromatic N) is 3. The van der Waals surface area contributed by atoms with Crippen LogP contribution in [0.3, 0.4) is 0 Å². The number of allylic oxidation sites excluding steroid dienone is 1. The third-order valence-electron chi connectivity index (χ3n) is 5.32. The number of hydrogen-bond donors (Lipinski definition) is 0. The van der Waals surface area contributed by atoms with Crippen molar-refractivity contribution in [1.29, 1.82) is 0 Å². The summed E-state index contributed by atoms with van der Waals surface area (Å²) in [6.45, 7) is 0. The minimum absolute atomic E-state index is 0.167. The Balaban J connectivity index is 1.83. The van der Waals surface area contributed by atoms with E-state index in [9.17, 15) is 30.3 Å². The lowest BCUT2D eigenvalue weighted by molar-refractivity contribution is -0.393. The summed E-state index contributed by atoms with van der Waals surface area (Å²) in [5, 5.41) is 34.8. The third-order valence-corrected chi connectivity index (χ3v) is 7.77. The van der Waals surface area contributed by atoms with Gasteiger partial charge < -0.3 is 0 Å². The average molecular weight is 477 g/mol. The normalized spacial score (nSPS) is 16.2. The van der Waals surface area contributed by atoms with Crippen LogP contribution in [-0.4, -0.2) is 14.8 Å². The molecule has 0 unspecified atom stereocenters. The van der Waals surface area contributed by atoms with Gasteiger partial charge in [-0.25, -0.2) is 0 Å². The number of benzene rings is 3. The van der Waals surface area contributed by atoms with Crippen LogP contribution < -0.4 is 0 Å². The minimum Gasteiger partial charge on any atom is -0.258 e. The molecule has 0 aromatic heterocycles. The van der Waals surface area contributed by atoms with Crippen LogP contribution >= 0.6 is 21.6 Å². The van der Waals surface area contributed by atoms with Crippen LogP contribution in [0.4, 0.5) is 17.1 Å². The molecule has 0 saturated carbocycles. The smallest absolute Gasteiger partial charge is 0.258 e. The quantitative estimate of drug-likeness (QED) is 0.183. The molecule has 3 aromatic rings. The SMILES string of the molecule is O=[N+]([O-])c1ccc2c(c1)/C(=C1/C=C(c3ccccc3)SS1)c1cc([N+](=O)[O-])cc([N+](=O)[O-])c1-2. The van der Waals surface area contributed by atoms with Crippen molar-refractivity contribution in [1.82, 2.24) is 0 Å². The summed E-state index contributed by atoms with van der Waals surface area (Å²) in [7, 11) is 2.90. The molecule has 0 radical (unpaired) electrons. The van der Waals surface area contributed by atoms with E-state index in [0.29, 0.717) is 27.2 Å². The zero-order chi connectivity index (χ0) is 23.3. The molecule has 0 fully saturated rings. The third kappa shape index (κ3) is 3.47. The molecule has 0 saturated heterocycles. The monoisotopic (exact) mass is 477 g/mol. The first kappa shape index (κ1) is 20.9. The van der Waals surface area contributed by atoms with Crippen molar-refractivity contribution in [2.75, 3.05) is 0 Å². The van der Waals surface area contributed by atoms with Crippen LogP contribution in [-0.2, 0) is 0 Å². The fourth-order valence-corrected chi connectivity index (χ4v) is 6.42. The number of non-ortho nitro benzene ring substituents is 2. The molecule has 162 valence electrons. The van der Waals surface area contributed by atoms with Gasteiger partial charge in [-0.2, -0.15) is 0 Å². The summed E-state index contributed by atoms with van der Waals surface area (Å²) >= 11 is 0. The molecule has 0 spiro atoms. The number of nitro groups is 3. The van der Waals surface area contributed by atoms with E-state index in [1.54, 1.807) is 0 Å². The predicted octanol–water partition coefficient (Wildman–Crippen LogP) is 6.59. The second kappa shape index (κ2) is 7.87. The lowest BCUT2D eigenvalue weighted by Crippen LogP contribution is -1.96. The van der Waals surface area contributed by atoms with Gasteiger partial charge in [0.2, 0.25) is 0 Å². The van der Waals surface area contributed by atoms with Gasteiger partial charge in [0, 0.05) is 39.1 Å². The molecule has 0 bridgehead atoms. The van der Waals surface area contributed by atoms with Crippen molar-refractivity contribution < 1.29 is 14.8 Å². The first-order valence-electron chi connectivity index (χ1n) is 9.47. The summed E-state index contributed by atoms with van der Waals surface area (Å²) in [4.78, 5) is 34.6. The van der Waals surface area contributed by atoms with Gasteiger partial charge in [-0.1, -0.05) is 51.9 Å². The molecule has 2 aliphatic rings. The number of hydrogen-bond acceptors (Lipinski definition) is 8. The largest absolute Gasteiger partial charge is 0.284 e. The van der Waals surface area contributed by atoms with Crippen molar-refractivity contribution >= 4 is 49.1 Å². The Bertz CT molecular complexity index is 1450. The van der Waals surface area contributed by atoms with Gasteiger partial charge in [0.15, 0.2) is 0 Å². The highest BCUT2D eigenvalue weighted by Crippen LogP contribution is 2.58. The van der Waals surface area contributed by atoms with Gasteiger partial charge in [-0.15, -0.1) is 0 Å². The van der Waals surface area contributed by atoms with Crippen LogP contribution in [0.5, 0.6) is 0 Å². The zero-order valence-electron chi connectivity index (χ0n) is 16.5. The van der Waals surface area contributed by atoms with Crippen molar-refractivity contribution in [2.24, 2.45) is 0 Å². The fourth-order valence-electron chi connectivity index (χ4n) is 3.93. The van der Waals surface area contributed by atoms with Crippen LogP contribution in [0.2, 0.25) is 0 Å². The Morgan fingerprint density at radius 2 is 1.36 bits per heavy atom. The first-order chi connectivity index (χ1) is 15.8. The maximum absolute atomic E-state index is 11.8. The van der Waals surface area contributed by atoms with Gasteiger partial charge in [-0.05, 0) is 28.8 Å². The van der Waals surface area contributed by atoms with E-state index >= 15 is 0 Å². The van der Waals surface area contributed by atoms with Crippen molar-refractivity contribution in [3.05, 3.63) is 119 Å². The molecule has 0 N–H and O–H groups in total. The summed E-state index contributed by atoms with van der Waals surface area (Å²) in [6, 6.07) is 16.0. The summed E-state index contributed by atoms with van der Waals surface area (Å²) in [6.07, 6.45) is 1.91. The summed E-state index contributed by atoms with van der Waals surface area (Å²) in [5.74, 6) is 0. The predicted molar refractivity (Wildman–Crippen MR) is 127 cm³/mol. The van der Waals surface area contributed by atoms with E-state index < -0.39 is 26.1 Å². The maximum Gasteiger partial charge on any atom is 0.284 e. The Morgan fingerprint density at radius 1 is 0.667 bits per heavy atom. The van der Waals surface area contributed by atoms with Gasteiger partial charge in [0.25, 0.3) is 17.1 Å². The van der Waals surface area contributed by atoms with E-state index in [1.165, 1.54) is 45.9 Å². The highest BCUT2D eigenvalue weighted by molar-refractivity contribution is 8.82. The fraction of sp³-hybridized carbons (Fsp3) is 0. The molecule has 0 atom stereocenters. The zero-order valence-corrected chi connectivity index (χ0v) is 18.1. The topological polar surface area (TPSA) is 129 Å². The van der Waals surface area contributed by atoms with Crippen LogP contribution in [0, 0.1) is 30.3 Å². The van der Waals surface area contributed by atoms with E-state index in [4.69, 9.17) is 0 Å². The Kier molecular flexibility index (Phi) is 4.99. The van der Waals surface area contributed by atoms with E-state index in [-0.39, 0.29) is 11.3 Å². The van der Waals surface area contributed by atoms with Crippen molar-refractivity contribution in [2.45, 2.75) is 0 Å². The van der Waals surface area contributed by atoms with E-state index in [0.717, 1.165) is 16.5 Å². The van der Waals surface area contributed by atoms with Crippen LogP contribution in [0.25, 0.3) is 21.6 Å². The lowest BCUT2D eigenvalue weighted by atomic mass is 10.0. The molecule has 33 heavy (non-hydrogen) atoms. The molecule has 5 rings (SSSR count). The van der Waals surface area contributed by atoms with Gasteiger partial charge in [-0.3, -0.25) is 30.3 Å². The molecule has 0 amide bonds. The van der Waals surface area contributed by atoms with E-state index in [1.807, 2.05) is 36.4 Å². The second-order valence-electron chi connectivity index (χ2n) is 7.17. The molecule has 1 aliphatic carbocycles. The van der Waals surface area contributed by atoms with Crippen molar-refractivity contribution in [3.63, 3.8) is 0 Å². The van der Waals surface area contributed by atoms with Crippen molar-refractivity contribution in [3.8, 4) is 11.1 Å². The second-order valence-corrected chi connectivity index (χ2v) is 9.38. The first-order valence-corrected chi connectivity index (χ1v) is 11.6. The molecule has 1 aliphatic heterocycles. The number of rotatable bonds is 4. The highest BCUT2D eigenvalue weighted by atomic mass is 33.1. The number of fused-ring (bicyclic) bond motifs is 3. The summed E-state index contributed by atoms with van der Waals surface area (Å²) < 4.78 is 0. The van der Waals surface area contributed by atoms with Crippen LogP contribution in [0.1, 0.15) is 16.7 Å². The Morgan fingerprint density at radius 3 is 2.03 bits per heavy atom. The lowest BCUT2D eigenvalue weighted by Gasteiger charge is -2.06. The maximum atomic E-state index is 11.8. The van der Waals surface area contributed by atoms with Gasteiger partial charge in [0.05, 0.1) is 26.4 Å². The van der Waals surface area contributed by atoms with Crippen LogP contribution in [0.15, 0.2) is 71.6 Å². The van der Waals surface area contributed by atoms with Gasteiger partial charge in [0.1, 0.15) is 0 Å². The molecule has 1 heterocycles. The molecule has 9 nitrogen and oxygen atoms in total. The highest BCUT2D eigenvalue weighted by Gasteiger charge is 2.37. The molecular formula is C22H11N3O6S2. The summed E-state index contributed by atoms with van der Waals surface area (Å²) in [5.41, 5.74) is 1.93. The Hall–Kier alpha value is -3.96. The molecular weight excluding hydrogens is 466 g/mol. The molecule has 3 aromatic carbocycles. The van der Waals surface area contributed by atoms with E-state index in [2.05, 4.69) is 0 Å². The minimum atomic E-state index is -0.678. The average Bonchev–Trinajstić information content (AvgIpc) is 3.40. The standard InChI is InChI=1S/C22H11N3O6S2/c26-23(27)13-6-7-15-16(8-13)22(20-11-19(32-33-20)12-4-2-1-3-5-12)17-9-14(24(28)29)10-18(21(15)17)25(30)31/h1-11H/b22-20+. The molecule has 11 heteroatoms. The Labute approximate surface area is 193 Å². The number of nitro benzene ring substituents is 3.